The zero-order chi connectivity index (χ0) is 14.5. The van der Waals surface area contributed by atoms with E-state index < -0.39 is 5.97 Å². The van der Waals surface area contributed by atoms with Gasteiger partial charge < -0.3 is 15.2 Å². The van der Waals surface area contributed by atoms with E-state index in [4.69, 9.17) is 9.84 Å². The third kappa shape index (κ3) is 3.55. The Kier molecular flexibility index (Phi) is 4.70. The molecular weight excluding hydrogens is 276 g/mol. The number of aromatic carboxylic acids is 1. The molecule has 0 amide bonds. The second kappa shape index (κ2) is 6.49. The van der Waals surface area contributed by atoms with Gasteiger partial charge in [-0.1, -0.05) is 12.1 Å². The van der Waals surface area contributed by atoms with Gasteiger partial charge >= 0.3 is 5.97 Å². The van der Waals surface area contributed by atoms with Crippen molar-refractivity contribution in [1.29, 1.82) is 0 Å². The number of carboxylic acid groups (broad SMARTS) is 1. The van der Waals surface area contributed by atoms with Gasteiger partial charge in [-0.15, -0.1) is 11.3 Å². The maximum atomic E-state index is 10.8. The average molecular weight is 292 g/mol. The fourth-order valence-corrected chi connectivity index (χ4v) is 2.43. The second-order valence-corrected chi connectivity index (χ2v) is 5.19. The predicted molar refractivity (Wildman–Crippen MR) is 77.3 cm³/mol. The van der Waals surface area contributed by atoms with Crippen molar-refractivity contribution in [2.45, 2.75) is 19.5 Å². The molecule has 0 fully saturated rings. The summed E-state index contributed by atoms with van der Waals surface area (Å²) in [6.45, 7) is 2.57. The molecule has 2 aromatic rings. The van der Waals surface area contributed by atoms with Crippen molar-refractivity contribution in [3.63, 3.8) is 0 Å². The van der Waals surface area contributed by atoms with E-state index in [9.17, 15) is 4.79 Å². The van der Waals surface area contributed by atoms with Gasteiger partial charge in [0.05, 0.1) is 12.8 Å². The molecule has 5 nitrogen and oxygen atoms in total. The van der Waals surface area contributed by atoms with Gasteiger partial charge in [0.2, 0.25) is 5.01 Å². The maximum absolute atomic E-state index is 10.8. The van der Waals surface area contributed by atoms with Crippen LogP contribution in [0.3, 0.4) is 0 Å². The summed E-state index contributed by atoms with van der Waals surface area (Å²) in [5, 5.41) is 14.0. The number of methoxy groups -OCH3 is 1. The first-order valence-electron chi connectivity index (χ1n) is 6.15. The van der Waals surface area contributed by atoms with Gasteiger partial charge in [0.15, 0.2) is 0 Å². The summed E-state index contributed by atoms with van der Waals surface area (Å²) >= 11 is 1.14. The number of thiazole rings is 1. The van der Waals surface area contributed by atoms with E-state index in [0.717, 1.165) is 28.3 Å². The molecule has 0 saturated heterocycles. The Bertz CT molecular complexity index is 598. The normalized spacial score (nSPS) is 12.1. The number of ether oxygens (including phenoxy) is 1. The zero-order valence-electron chi connectivity index (χ0n) is 11.3. The third-order valence-electron chi connectivity index (χ3n) is 2.92. The molecule has 0 bridgehead atoms. The summed E-state index contributed by atoms with van der Waals surface area (Å²) in [7, 11) is 1.64. The Morgan fingerprint density at radius 1 is 1.55 bits per heavy atom. The van der Waals surface area contributed by atoms with Crippen molar-refractivity contribution in [2.24, 2.45) is 0 Å². The second-order valence-electron chi connectivity index (χ2n) is 4.33. The third-order valence-corrected chi connectivity index (χ3v) is 3.80. The van der Waals surface area contributed by atoms with E-state index in [1.165, 1.54) is 0 Å². The molecule has 6 heteroatoms. The number of hydrogen-bond donors (Lipinski definition) is 2. The zero-order valence-corrected chi connectivity index (χ0v) is 12.1. The van der Waals surface area contributed by atoms with E-state index in [1.807, 2.05) is 31.2 Å². The van der Waals surface area contributed by atoms with Crippen molar-refractivity contribution in [1.82, 2.24) is 10.3 Å². The molecule has 0 radical (unpaired) electrons. The number of nitrogens with zero attached hydrogens (tertiary/aromatic N) is 1. The predicted octanol–water partition coefficient (Wildman–Crippen LogP) is 2.70. The van der Waals surface area contributed by atoms with Crippen molar-refractivity contribution >= 4 is 17.3 Å². The molecule has 1 aromatic heterocycles. The minimum atomic E-state index is -0.984. The Morgan fingerprint density at radius 2 is 2.35 bits per heavy atom. The highest BCUT2D eigenvalue weighted by molar-refractivity contribution is 7.11. The topological polar surface area (TPSA) is 71.5 Å². The minimum absolute atomic E-state index is 0.121. The van der Waals surface area contributed by atoms with Gasteiger partial charge in [-0.25, -0.2) is 9.78 Å². The van der Waals surface area contributed by atoms with Crippen molar-refractivity contribution in [3.05, 3.63) is 45.9 Å². The molecule has 20 heavy (non-hydrogen) atoms. The maximum Gasteiger partial charge on any atom is 0.365 e. The average Bonchev–Trinajstić information content (AvgIpc) is 2.94. The lowest BCUT2D eigenvalue weighted by molar-refractivity contribution is 0.0696. The van der Waals surface area contributed by atoms with Crippen LogP contribution in [0.15, 0.2) is 29.6 Å². The Hall–Kier alpha value is -1.92. The first-order chi connectivity index (χ1) is 9.60. The molecule has 0 aliphatic rings. The molecule has 0 saturated carbocycles. The van der Waals surface area contributed by atoms with Crippen LogP contribution < -0.4 is 10.1 Å². The largest absolute Gasteiger partial charge is 0.497 e. The first kappa shape index (κ1) is 14.5. The minimum Gasteiger partial charge on any atom is -0.497 e. The smallest absolute Gasteiger partial charge is 0.365 e. The summed E-state index contributed by atoms with van der Waals surface area (Å²) in [5.74, 6) is -0.167. The lowest BCUT2D eigenvalue weighted by Gasteiger charge is -2.14. The van der Waals surface area contributed by atoms with Crippen LogP contribution in [0.25, 0.3) is 0 Å². The van der Waals surface area contributed by atoms with Crippen LogP contribution in [-0.4, -0.2) is 23.2 Å². The van der Waals surface area contributed by atoms with Crippen molar-refractivity contribution < 1.29 is 14.6 Å². The van der Waals surface area contributed by atoms with E-state index in [-0.39, 0.29) is 11.0 Å². The standard InChI is InChI=1S/C14H16N2O3S/c1-9(10-4-3-5-12(6-10)19-2)15-7-11-8-20-13(16-11)14(17)18/h3-6,8-9,15H,7H2,1-2H3,(H,17,18)/t9-/m1/s1. The Labute approximate surface area is 121 Å². The van der Waals surface area contributed by atoms with Gasteiger partial charge in [0.25, 0.3) is 0 Å². The summed E-state index contributed by atoms with van der Waals surface area (Å²) in [4.78, 5) is 14.8. The first-order valence-corrected chi connectivity index (χ1v) is 7.03. The van der Waals surface area contributed by atoms with Gasteiger partial charge in [0, 0.05) is 18.0 Å². The fourth-order valence-electron chi connectivity index (χ4n) is 1.77. The molecule has 1 aromatic carbocycles. The SMILES string of the molecule is COc1cccc([C@@H](C)NCc2csc(C(=O)O)n2)c1. The molecule has 1 heterocycles. The molecular formula is C14H16N2O3S. The van der Waals surface area contributed by atoms with Crippen LogP contribution in [0.4, 0.5) is 0 Å². The van der Waals surface area contributed by atoms with Crippen molar-refractivity contribution in [2.75, 3.05) is 7.11 Å². The quantitative estimate of drug-likeness (QED) is 0.856. The summed E-state index contributed by atoms with van der Waals surface area (Å²) in [5.41, 5.74) is 1.85. The van der Waals surface area contributed by atoms with Gasteiger partial charge in [-0.3, -0.25) is 0 Å². The monoisotopic (exact) mass is 292 g/mol. The molecule has 106 valence electrons. The number of aromatic nitrogens is 1. The van der Waals surface area contributed by atoms with Crippen LogP contribution in [0.5, 0.6) is 5.75 Å². The Morgan fingerprint density at radius 3 is 3.00 bits per heavy atom. The molecule has 0 aliphatic carbocycles. The van der Waals surface area contributed by atoms with Crippen LogP contribution in [0.1, 0.15) is 34.0 Å². The van der Waals surface area contributed by atoms with Crippen molar-refractivity contribution in [3.8, 4) is 5.75 Å². The molecule has 0 aliphatic heterocycles. The number of carbonyl (C=O) groups is 1. The number of rotatable bonds is 6. The van der Waals surface area contributed by atoms with E-state index in [1.54, 1.807) is 12.5 Å². The highest BCUT2D eigenvalue weighted by atomic mass is 32.1. The summed E-state index contributed by atoms with van der Waals surface area (Å²) in [6, 6.07) is 7.96. The Balaban J connectivity index is 1.96. The van der Waals surface area contributed by atoms with Crippen LogP contribution >= 0.6 is 11.3 Å². The van der Waals surface area contributed by atoms with Crippen LogP contribution in [0.2, 0.25) is 0 Å². The number of nitrogens with one attached hydrogen (secondary N) is 1. The fraction of sp³-hybridized carbons (Fsp3) is 0.286. The summed E-state index contributed by atoms with van der Waals surface area (Å²) < 4.78 is 5.19. The van der Waals surface area contributed by atoms with Crippen LogP contribution in [-0.2, 0) is 6.54 Å². The van der Waals surface area contributed by atoms with Crippen LogP contribution in [0, 0.1) is 0 Å². The summed E-state index contributed by atoms with van der Waals surface area (Å²) in [6.07, 6.45) is 0. The molecule has 2 rings (SSSR count). The van der Waals surface area contributed by atoms with E-state index in [2.05, 4.69) is 10.3 Å². The molecule has 2 N–H and O–H groups in total. The molecule has 0 unspecified atom stereocenters. The lowest BCUT2D eigenvalue weighted by atomic mass is 10.1. The van der Waals surface area contributed by atoms with Gasteiger partial charge in [-0.05, 0) is 24.6 Å². The van der Waals surface area contributed by atoms with E-state index in [0.29, 0.717) is 6.54 Å². The van der Waals surface area contributed by atoms with E-state index >= 15 is 0 Å². The highest BCUT2D eigenvalue weighted by Crippen LogP contribution is 2.19. The van der Waals surface area contributed by atoms with Gasteiger partial charge in [-0.2, -0.15) is 0 Å². The number of hydrogen-bond acceptors (Lipinski definition) is 5. The number of carboxylic acids is 1. The highest BCUT2D eigenvalue weighted by Gasteiger charge is 2.10. The number of benzene rings is 1. The lowest BCUT2D eigenvalue weighted by Crippen LogP contribution is -2.18. The molecule has 1 atom stereocenters. The molecule has 0 spiro atoms. The van der Waals surface area contributed by atoms with Gasteiger partial charge in [0.1, 0.15) is 5.75 Å².